The summed E-state index contributed by atoms with van der Waals surface area (Å²) in [7, 11) is 0. The number of carbonyl (C=O) groups excluding carboxylic acids is 1. The van der Waals surface area contributed by atoms with Crippen molar-refractivity contribution in [2.24, 2.45) is 4.99 Å². The topological polar surface area (TPSA) is 29.4 Å². The summed E-state index contributed by atoms with van der Waals surface area (Å²) in [5.41, 5.74) is 0.377. The van der Waals surface area contributed by atoms with Gasteiger partial charge in [0.2, 0.25) is 0 Å². The van der Waals surface area contributed by atoms with Gasteiger partial charge >= 0.3 is 0 Å². The third-order valence-electron chi connectivity index (χ3n) is 0.512. The smallest absolute Gasteiger partial charge is 0.266 e. The summed E-state index contributed by atoms with van der Waals surface area (Å²) in [4.78, 5) is 13.5. The van der Waals surface area contributed by atoms with Crippen LogP contribution in [0.2, 0.25) is 0 Å². The number of hydrogen-bond donors (Lipinski definition) is 0. The molecule has 0 aliphatic heterocycles. The van der Waals surface area contributed by atoms with Gasteiger partial charge in [-0.2, -0.15) is 4.99 Å². The predicted molar refractivity (Wildman–Crippen MR) is 34.8 cm³/mol. The van der Waals surface area contributed by atoms with Crippen molar-refractivity contribution in [3.63, 3.8) is 0 Å². The molecule has 0 spiro atoms. The fourth-order valence-electron chi connectivity index (χ4n) is 0.137. The minimum atomic E-state index is -0.403. The van der Waals surface area contributed by atoms with Crippen LogP contribution in [0.1, 0.15) is 6.92 Å². The maximum absolute atomic E-state index is 10.3. The molecule has 0 heterocycles. The summed E-state index contributed by atoms with van der Waals surface area (Å²) in [5, 5.41) is 1.95. The van der Waals surface area contributed by atoms with Gasteiger partial charge < -0.3 is 0 Å². The van der Waals surface area contributed by atoms with Gasteiger partial charge in [-0.15, -0.1) is 0 Å². The van der Waals surface area contributed by atoms with Crippen LogP contribution in [0.25, 0.3) is 0 Å². The van der Waals surface area contributed by atoms with E-state index in [2.05, 4.69) is 23.8 Å². The molecule has 0 saturated carbocycles. The van der Waals surface area contributed by atoms with Crippen molar-refractivity contribution >= 4 is 23.3 Å². The zero-order valence-corrected chi connectivity index (χ0v) is 5.29. The van der Waals surface area contributed by atoms with E-state index in [1.165, 1.54) is 0 Å². The van der Waals surface area contributed by atoms with Crippen LogP contribution in [0.15, 0.2) is 17.1 Å². The van der Waals surface area contributed by atoms with Crippen LogP contribution in [-0.4, -0.2) is 11.1 Å². The number of hydrogen-bond acceptors (Lipinski definition) is 2. The lowest BCUT2D eigenvalue weighted by Crippen LogP contribution is -1.90. The maximum Gasteiger partial charge on any atom is 0.280 e. The Hall–Kier alpha value is -0.790. The second-order valence-corrected chi connectivity index (χ2v) is 1.47. The zero-order chi connectivity index (χ0) is 6.57. The molecule has 0 aromatic heterocycles. The van der Waals surface area contributed by atoms with Crippen LogP contribution in [0.5, 0.6) is 0 Å². The molecular formula is C5H5NOS. The van der Waals surface area contributed by atoms with Crippen molar-refractivity contribution in [2.45, 2.75) is 6.92 Å². The Kier molecular flexibility index (Phi) is 2.92. The van der Waals surface area contributed by atoms with E-state index in [9.17, 15) is 4.79 Å². The van der Waals surface area contributed by atoms with Gasteiger partial charge in [0.05, 0.1) is 5.16 Å². The lowest BCUT2D eigenvalue weighted by atomic mass is 10.3. The van der Waals surface area contributed by atoms with Gasteiger partial charge in [0.15, 0.2) is 0 Å². The largest absolute Gasteiger partial charge is 0.280 e. The van der Waals surface area contributed by atoms with Crippen LogP contribution in [0.3, 0.4) is 0 Å². The van der Waals surface area contributed by atoms with Crippen LogP contribution in [0, 0.1) is 0 Å². The average Bonchev–Trinajstić information content (AvgIpc) is 1.67. The minimum Gasteiger partial charge on any atom is -0.266 e. The molecule has 0 fully saturated rings. The molecule has 0 aromatic rings. The first-order valence-electron chi connectivity index (χ1n) is 1.96. The van der Waals surface area contributed by atoms with Crippen molar-refractivity contribution < 1.29 is 4.79 Å². The minimum absolute atomic E-state index is 0.377. The summed E-state index contributed by atoms with van der Waals surface area (Å²) in [6.45, 7) is 4.91. The monoisotopic (exact) mass is 127 g/mol. The fourth-order valence-corrected chi connectivity index (χ4v) is 0.220. The third-order valence-corrected chi connectivity index (χ3v) is 0.604. The van der Waals surface area contributed by atoms with Crippen molar-refractivity contribution in [2.75, 3.05) is 0 Å². The van der Waals surface area contributed by atoms with E-state index < -0.39 is 5.91 Å². The molecule has 3 heteroatoms. The average molecular weight is 127 g/mol. The SMILES string of the molecule is C=C(C)C(=O)N=C=S. The Morgan fingerprint density at radius 3 is 2.50 bits per heavy atom. The number of aliphatic imine (C=N–C) groups is 1. The first-order valence-corrected chi connectivity index (χ1v) is 2.37. The summed E-state index contributed by atoms with van der Waals surface area (Å²) < 4.78 is 0. The normalized spacial score (nSPS) is 7.12. The van der Waals surface area contributed by atoms with Gasteiger partial charge in [-0.3, -0.25) is 4.79 Å². The van der Waals surface area contributed by atoms with Crippen LogP contribution in [0.4, 0.5) is 0 Å². The zero-order valence-electron chi connectivity index (χ0n) is 4.47. The molecule has 0 atom stereocenters. The molecule has 0 N–H and O–H groups in total. The highest BCUT2D eigenvalue weighted by atomic mass is 32.1. The van der Waals surface area contributed by atoms with E-state index in [4.69, 9.17) is 0 Å². The van der Waals surface area contributed by atoms with Gasteiger partial charge in [0, 0.05) is 5.57 Å². The Bertz CT molecular complexity index is 163. The fraction of sp³-hybridized carbons (Fsp3) is 0.200. The molecule has 0 saturated heterocycles. The van der Waals surface area contributed by atoms with Crippen molar-refractivity contribution in [3.05, 3.63) is 12.2 Å². The molecule has 0 bridgehead atoms. The quantitative estimate of drug-likeness (QED) is 0.301. The molecule has 0 aliphatic carbocycles. The summed E-state index contributed by atoms with van der Waals surface area (Å²) in [6, 6.07) is 0. The van der Waals surface area contributed by atoms with E-state index in [0.29, 0.717) is 5.57 Å². The second-order valence-electron chi connectivity index (χ2n) is 1.29. The number of carbonyl (C=O) groups is 1. The van der Waals surface area contributed by atoms with Crippen LogP contribution >= 0.6 is 12.2 Å². The highest BCUT2D eigenvalue weighted by Gasteiger charge is 1.93. The van der Waals surface area contributed by atoms with E-state index in [-0.39, 0.29) is 0 Å². The predicted octanol–water partition coefficient (Wildman–Crippen LogP) is 1.19. The Balaban J connectivity index is 4.05. The second kappa shape index (κ2) is 3.24. The molecule has 0 rings (SSSR count). The number of nitrogens with zero attached hydrogens (tertiary/aromatic N) is 1. The van der Waals surface area contributed by atoms with E-state index in [0.717, 1.165) is 0 Å². The molecule has 1 amide bonds. The summed E-state index contributed by atoms with van der Waals surface area (Å²) in [6.07, 6.45) is 0. The van der Waals surface area contributed by atoms with E-state index in [1.807, 2.05) is 5.16 Å². The molecule has 0 aromatic carbocycles. The van der Waals surface area contributed by atoms with E-state index >= 15 is 0 Å². The Morgan fingerprint density at radius 2 is 2.38 bits per heavy atom. The van der Waals surface area contributed by atoms with Crippen LogP contribution in [-0.2, 0) is 4.79 Å². The first-order chi connectivity index (χ1) is 3.68. The molecule has 0 aliphatic rings. The van der Waals surface area contributed by atoms with Crippen molar-refractivity contribution in [3.8, 4) is 0 Å². The molecule has 2 nitrogen and oxygen atoms in total. The molecule has 8 heavy (non-hydrogen) atoms. The van der Waals surface area contributed by atoms with Gasteiger partial charge in [-0.25, -0.2) is 0 Å². The first kappa shape index (κ1) is 7.21. The lowest BCUT2D eigenvalue weighted by Gasteiger charge is -1.81. The highest BCUT2D eigenvalue weighted by Crippen LogP contribution is 1.87. The van der Waals surface area contributed by atoms with Gasteiger partial charge in [0.1, 0.15) is 0 Å². The summed E-state index contributed by atoms with van der Waals surface area (Å²) >= 11 is 4.17. The number of rotatable bonds is 1. The number of amides is 1. The Labute approximate surface area is 52.9 Å². The van der Waals surface area contributed by atoms with Crippen LogP contribution < -0.4 is 0 Å². The standard InChI is InChI=1S/C5H5NOS/c1-4(2)5(7)6-3-8/h1H2,2H3. The molecule has 0 unspecified atom stereocenters. The van der Waals surface area contributed by atoms with Gasteiger partial charge in [-0.1, -0.05) is 6.58 Å². The number of isothiocyanates is 1. The lowest BCUT2D eigenvalue weighted by molar-refractivity contribution is -0.114. The van der Waals surface area contributed by atoms with Gasteiger partial charge in [-0.05, 0) is 19.1 Å². The van der Waals surface area contributed by atoms with Crippen molar-refractivity contribution in [1.29, 1.82) is 0 Å². The maximum atomic E-state index is 10.3. The van der Waals surface area contributed by atoms with Gasteiger partial charge in [0.25, 0.3) is 5.91 Å². The summed E-state index contributed by atoms with van der Waals surface area (Å²) in [5.74, 6) is -0.403. The highest BCUT2D eigenvalue weighted by molar-refractivity contribution is 7.78. The number of thiocarbonyl (C=S) groups is 1. The Morgan fingerprint density at radius 1 is 1.88 bits per heavy atom. The molecule has 42 valence electrons. The van der Waals surface area contributed by atoms with E-state index in [1.54, 1.807) is 6.92 Å². The van der Waals surface area contributed by atoms with Crippen molar-refractivity contribution in [1.82, 2.24) is 0 Å². The molecular weight excluding hydrogens is 122 g/mol. The third kappa shape index (κ3) is 2.39. The molecule has 0 radical (unpaired) electrons.